The van der Waals surface area contributed by atoms with E-state index in [0.717, 1.165) is 42.7 Å². The molecule has 1 amide bonds. The minimum absolute atomic E-state index is 0.107. The van der Waals surface area contributed by atoms with Crippen molar-refractivity contribution in [2.45, 2.75) is 30.2 Å². The summed E-state index contributed by atoms with van der Waals surface area (Å²) < 4.78 is 1.65. The third-order valence-corrected chi connectivity index (χ3v) is 7.64. The highest BCUT2D eigenvalue weighted by Crippen LogP contribution is 2.34. The summed E-state index contributed by atoms with van der Waals surface area (Å²) in [6, 6.07) is 19.5. The Morgan fingerprint density at radius 2 is 1.69 bits per heavy atom. The van der Waals surface area contributed by atoms with E-state index in [2.05, 4.69) is 0 Å². The highest BCUT2D eigenvalue weighted by Gasteiger charge is 2.27. The highest BCUT2D eigenvalue weighted by atomic mass is 32.2. The van der Waals surface area contributed by atoms with Gasteiger partial charge in [0.2, 0.25) is 5.91 Å². The fraction of sp³-hybridized carbons (Fsp3) is 0.240. The normalized spacial score (nSPS) is 14.7. The van der Waals surface area contributed by atoms with Gasteiger partial charge in [0.15, 0.2) is 5.16 Å². The Balaban J connectivity index is 1.64. The average molecular weight is 462 g/mol. The molecule has 1 saturated heterocycles. The molecule has 0 saturated carbocycles. The van der Waals surface area contributed by atoms with Crippen molar-refractivity contribution in [2.24, 2.45) is 0 Å². The van der Waals surface area contributed by atoms with Gasteiger partial charge in [-0.15, -0.1) is 11.3 Å². The fourth-order valence-electron chi connectivity index (χ4n) is 4.09. The molecular weight excluding hydrogens is 438 g/mol. The molecule has 5 rings (SSSR count). The van der Waals surface area contributed by atoms with Crippen LogP contribution in [0.1, 0.15) is 19.8 Å². The predicted octanol–water partition coefficient (Wildman–Crippen LogP) is 5.22. The van der Waals surface area contributed by atoms with Crippen LogP contribution in [0.25, 0.3) is 27.0 Å². The topological polar surface area (TPSA) is 55.2 Å². The van der Waals surface area contributed by atoms with E-state index >= 15 is 0 Å². The molecule has 1 aliphatic rings. The molecule has 0 radical (unpaired) electrons. The number of carbonyl (C=O) groups is 1. The fourth-order valence-corrected chi connectivity index (χ4v) is 6.09. The van der Waals surface area contributed by atoms with Crippen LogP contribution < -0.4 is 5.56 Å². The number of hydrogen-bond donors (Lipinski definition) is 0. The lowest BCUT2D eigenvalue weighted by molar-refractivity contribution is -0.129. The largest absolute Gasteiger partial charge is 0.342 e. The molecule has 2 aromatic heterocycles. The Labute approximate surface area is 194 Å². The first-order valence-corrected chi connectivity index (χ1v) is 12.5. The second-order valence-corrected chi connectivity index (χ2v) is 10.0. The number of rotatable bonds is 5. The summed E-state index contributed by atoms with van der Waals surface area (Å²) in [5.74, 6) is 0.109. The van der Waals surface area contributed by atoms with Gasteiger partial charge in [0.25, 0.3) is 5.56 Å². The van der Waals surface area contributed by atoms with Gasteiger partial charge in [0.05, 0.1) is 16.3 Å². The minimum Gasteiger partial charge on any atom is -0.342 e. The Morgan fingerprint density at radius 3 is 2.38 bits per heavy atom. The van der Waals surface area contributed by atoms with Crippen LogP contribution in [-0.4, -0.2) is 38.7 Å². The van der Waals surface area contributed by atoms with Crippen molar-refractivity contribution in [3.8, 4) is 16.8 Å². The number of hydrogen-bond acceptors (Lipinski definition) is 5. The van der Waals surface area contributed by atoms with Gasteiger partial charge in [-0.3, -0.25) is 14.2 Å². The summed E-state index contributed by atoms with van der Waals surface area (Å²) in [4.78, 5) is 34.3. The zero-order valence-electron chi connectivity index (χ0n) is 17.7. The van der Waals surface area contributed by atoms with Gasteiger partial charge in [-0.2, -0.15) is 0 Å². The van der Waals surface area contributed by atoms with Gasteiger partial charge in [-0.25, -0.2) is 4.98 Å². The van der Waals surface area contributed by atoms with Crippen molar-refractivity contribution in [3.05, 3.63) is 76.4 Å². The van der Waals surface area contributed by atoms with Crippen LogP contribution in [0.2, 0.25) is 0 Å². The van der Waals surface area contributed by atoms with Gasteiger partial charge >= 0.3 is 0 Å². The lowest BCUT2D eigenvalue weighted by Gasteiger charge is -2.21. The average Bonchev–Trinajstić information content (AvgIpc) is 3.50. The van der Waals surface area contributed by atoms with Gasteiger partial charge < -0.3 is 4.90 Å². The van der Waals surface area contributed by atoms with E-state index in [0.29, 0.717) is 15.4 Å². The van der Waals surface area contributed by atoms with Crippen LogP contribution in [0.15, 0.2) is 76.0 Å². The zero-order chi connectivity index (χ0) is 22.1. The number of carbonyl (C=O) groups excluding carboxylic acids is 1. The maximum absolute atomic E-state index is 13.8. The molecule has 0 N–H and O–H groups in total. The van der Waals surface area contributed by atoms with E-state index in [1.165, 1.54) is 23.1 Å². The zero-order valence-corrected chi connectivity index (χ0v) is 19.4. The number of likely N-dealkylation sites (tertiary alicyclic amines) is 1. The maximum atomic E-state index is 13.8. The van der Waals surface area contributed by atoms with Crippen molar-refractivity contribution >= 4 is 39.2 Å². The van der Waals surface area contributed by atoms with Crippen molar-refractivity contribution in [3.63, 3.8) is 0 Å². The summed E-state index contributed by atoms with van der Waals surface area (Å²) in [6.07, 6.45) is 2.11. The van der Waals surface area contributed by atoms with Gasteiger partial charge in [0.1, 0.15) is 4.83 Å². The number of thioether (sulfide) groups is 1. The molecule has 1 fully saturated rings. The SMILES string of the molecule is CC(Sc1nc2scc(-c3ccccc3)c2c(=O)n1-c1ccccc1)C(=O)N1CCCC1. The molecule has 162 valence electrons. The Hall–Kier alpha value is -2.90. The van der Waals surface area contributed by atoms with Crippen LogP contribution in [0, 0.1) is 0 Å². The maximum Gasteiger partial charge on any atom is 0.268 e. The minimum atomic E-state index is -0.319. The van der Waals surface area contributed by atoms with Crippen LogP contribution in [0.3, 0.4) is 0 Å². The summed E-state index contributed by atoms with van der Waals surface area (Å²) in [7, 11) is 0. The quantitative estimate of drug-likeness (QED) is 0.302. The third-order valence-electron chi connectivity index (χ3n) is 5.72. The predicted molar refractivity (Wildman–Crippen MR) is 132 cm³/mol. The Morgan fingerprint density at radius 1 is 1.03 bits per heavy atom. The number of para-hydroxylation sites is 1. The third kappa shape index (κ3) is 3.87. The molecular formula is C25H23N3O2S2. The summed E-state index contributed by atoms with van der Waals surface area (Å²) in [5.41, 5.74) is 2.53. The first kappa shape index (κ1) is 21.0. The molecule has 0 bridgehead atoms. The molecule has 0 spiro atoms. The second-order valence-electron chi connectivity index (χ2n) is 7.86. The smallest absolute Gasteiger partial charge is 0.268 e. The van der Waals surface area contributed by atoms with Crippen molar-refractivity contribution in [1.82, 2.24) is 14.5 Å². The van der Waals surface area contributed by atoms with Crippen LogP contribution in [0.5, 0.6) is 0 Å². The number of nitrogens with zero attached hydrogens (tertiary/aromatic N) is 3. The van der Waals surface area contributed by atoms with Crippen LogP contribution in [0.4, 0.5) is 0 Å². The number of aromatic nitrogens is 2. The molecule has 5 nitrogen and oxygen atoms in total. The first-order chi connectivity index (χ1) is 15.6. The summed E-state index contributed by atoms with van der Waals surface area (Å²) in [6.45, 7) is 3.53. The van der Waals surface area contributed by atoms with Crippen molar-refractivity contribution in [2.75, 3.05) is 13.1 Å². The second kappa shape index (κ2) is 8.92. The van der Waals surface area contributed by atoms with Crippen molar-refractivity contribution < 1.29 is 4.79 Å². The van der Waals surface area contributed by atoms with Crippen LogP contribution >= 0.6 is 23.1 Å². The van der Waals surface area contributed by atoms with E-state index in [1.54, 1.807) is 4.57 Å². The van der Waals surface area contributed by atoms with Gasteiger partial charge in [0, 0.05) is 24.0 Å². The molecule has 3 heterocycles. The molecule has 7 heteroatoms. The van der Waals surface area contributed by atoms with E-state index in [9.17, 15) is 9.59 Å². The van der Waals surface area contributed by atoms with Gasteiger partial charge in [-0.1, -0.05) is 60.3 Å². The number of thiophene rings is 1. The monoisotopic (exact) mass is 461 g/mol. The van der Waals surface area contributed by atoms with E-state index in [4.69, 9.17) is 4.98 Å². The molecule has 1 aliphatic heterocycles. The summed E-state index contributed by atoms with van der Waals surface area (Å²) >= 11 is 2.83. The van der Waals surface area contributed by atoms with E-state index < -0.39 is 0 Å². The highest BCUT2D eigenvalue weighted by molar-refractivity contribution is 8.00. The number of benzene rings is 2. The molecule has 0 aliphatic carbocycles. The molecule has 32 heavy (non-hydrogen) atoms. The standard InChI is InChI=1S/C25H23N3O2S2/c1-17(23(29)27-14-8-9-15-27)32-25-26-22-21(20(16-31-22)18-10-4-2-5-11-18)24(30)28(25)19-12-6-3-7-13-19/h2-7,10-13,16-17H,8-9,14-15H2,1H3. The molecule has 1 unspecified atom stereocenters. The molecule has 1 atom stereocenters. The van der Waals surface area contributed by atoms with Crippen molar-refractivity contribution in [1.29, 1.82) is 0 Å². The van der Waals surface area contributed by atoms with E-state index in [-0.39, 0.29) is 16.7 Å². The number of amides is 1. The lowest BCUT2D eigenvalue weighted by Crippen LogP contribution is -2.34. The first-order valence-electron chi connectivity index (χ1n) is 10.7. The number of fused-ring (bicyclic) bond motifs is 1. The Bertz CT molecular complexity index is 1310. The van der Waals surface area contributed by atoms with E-state index in [1.807, 2.05) is 77.9 Å². The van der Waals surface area contributed by atoms with Gasteiger partial charge in [-0.05, 0) is 37.5 Å². The van der Waals surface area contributed by atoms with Crippen LogP contribution in [-0.2, 0) is 4.79 Å². The molecule has 2 aromatic carbocycles. The lowest BCUT2D eigenvalue weighted by atomic mass is 10.1. The molecule has 4 aromatic rings. The summed E-state index contributed by atoms with van der Waals surface area (Å²) in [5, 5.41) is 2.85. The Kier molecular flexibility index (Phi) is 5.85.